The third-order valence-corrected chi connectivity index (χ3v) is 3.97. The molecule has 2 nitrogen and oxygen atoms in total. The molecule has 0 aromatic heterocycles. The molecule has 0 radical (unpaired) electrons. The van der Waals surface area contributed by atoms with Gasteiger partial charge in [0.2, 0.25) is 0 Å². The van der Waals surface area contributed by atoms with Crippen LogP contribution in [0.3, 0.4) is 0 Å². The van der Waals surface area contributed by atoms with Crippen molar-refractivity contribution in [3.8, 4) is 0 Å². The molecule has 0 aromatic rings. The van der Waals surface area contributed by atoms with Crippen LogP contribution in [0.5, 0.6) is 0 Å². The van der Waals surface area contributed by atoms with E-state index >= 15 is 0 Å². The molecule has 1 atom stereocenters. The monoisotopic (exact) mass is 256 g/mol. The highest BCUT2D eigenvalue weighted by molar-refractivity contribution is 4.62. The Morgan fingerprint density at radius 2 is 1.78 bits per heavy atom. The molecule has 0 saturated carbocycles. The Balaban J connectivity index is 3.38. The zero-order chi connectivity index (χ0) is 13.8. The highest BCUT2D eigenvalue weighted by Gasteiger charge is 2.05. The summed E-state index contributed by atoms with van der Waals surface area (Å²) < 4.78 is 0. The number of hydrogen-bond donors (Lipinski definition) is 1. The van der Waals surface area contributed by atoms with Crippen LogP contribution in [0.2, 0.25) is 0 Å². The van der Waals surface area contributed by atoms with Crippen molar-refractivity contribution in [2.24, 2.45) is 5.92 Å². The Bertz CT molecular complexity index is 168. The van der Waals surface area contributed by atoms with Crippen molar-refractivity contribution in [1.29, 1.82) is 0 Å². The lowest BCUT2D eigenvalue weighted by Gasteiger charge is -2.21. The number of unbranched alkanes of at least 4 members (excludes halogenated alkanes) is 2. The van der Waals surface area contributed by atoms with Gasteiger partial charge in [-0.2, -0.15) is 0 Å². The van der Waals surface area contributed by atoms with Crippen molar-refractivity contribution in [2.75, 3.05) is 26.7 Å². The zero-order valence-corrected chi connectivity index (χ0v) is 13.5. The molecule has 0 aliphatic heterocycles. The molecule has 0 spiro atoms. The van der Waals surface area contributed by atoms with Gasteiger partial charge in [0, 0.05) is 6.04 Å². The van der Waals surface area contributed by atoms with Gasteiger partial charge in [0.05, 0.1) is 0 Å². The second-order valence-corrected chi connectivity index (χ2v) is 5.90. The molecule has 0 fully saturated rings. The highest BCUT2D eigenvalue weighted by atomic mass is 15.1. The maximum absolute atomic E-state index is 3.63. The van der Waals surface area contributed by atoms with Crippen LogP contribution in [-0.4, -0.2) is 37.6 Å². The molecule has 0 aromatic carbocycles. The van der Waals surface area contributed by atoms with Gasteiger partial charge >= 0.3 is 0 Å². The molecule has 2 heteroatoms. The fourth-order valence-electron chi connectivity index (χ4n) is 2.12. The predicted octanol–water partition coefficient (Wildman–Crippen LogP) is 3.91. The average Bonchev–Trinajstić information content (AvgIpc) is 2.36. The lowest BCUT2D eigenvalue weighted by Crippen LogP contribution is -2.28. The molecule has 110 valence electrons. The van der Waals surface area contributed by atoms with E-state index in [0.29, 0.717) is 6.04 Å². The van der Waals surface area contributed by atoms with Gasteiger partial charge in [-0.15, -0.1) is 0 Å². The molecule has 0 heterocycles. The van der Waals surface area contributed by atoms with Crippen molar-refractivity contribution in [3.05, 3.63) is 0 Å². The van der Waals surface area contributed by atoms with Crippen molar-refractivity contribution in [2.45, 2.75) is 72.3 Å². The Hall–Kier alpha value is -0.0800. The Kier molecular flexibility index (Phi) is 11.9. The Morgan fingerprint density at radius 1 is 1.06 bits per heavy atom. The van der Waals surface area contributed by atoms with Gasteiger partial charge in [0.15, 0.2) is 0 Å². The fourth-order valence-corrected chi connectivity index (χ4v) is 2.12. The van der Waals surface area contributed by atoms with Crippen molar-refractivity contribution >= 4 is 0 Å². The van der Waals surface area contributed by atoms with Crippen molar-refractivity contribution in [1.82, 2.24) is 10.2 Å². The van der Waals surface area contributed by atoms with E-state index in [9.17, 15) is 0 Å². The van der Waals surface area contributed by atoms with E-state index in [4.69, 9.17) is 0 Å². The molecule has 1 unspecified atom stereocenters. The van der Waals surface area contributed by atoms with Crippen LogP contribution >= 0.6 is 0 Å². The number of nitrogens with one attached hydrogen (secondary N) is 1. The summed E-state index contributed by atoms with van der Waals surface area (Å²) >= 11 is 0. The SMILES string of the molecule is CCCCC(CC)CNCCCCN(C)C(C)C. The van der Waals surface area contributed by atoms with Crippen LogP contribution in [0.1, 0.15) is 66.2 Å². The van der Waals surface area contributed by atoms with E-state index in [1.807, 2.05) is 0 Å². The van der Waals surface area contributed by atoms with E-state index < -0.39 is 0 Å². The van der Waals surface area contributed by atoms with E-state index in [0.717, 1.165) is 5.92 Å². The third-order valence-electron chi connectivity index (χ3n) is 3.97. The molecule has 0 saturated heterocycles. The van der Waals surface area contributed by atoms with Crippen molar-refractivity contribution in [3.63, 3.8) is 0 Å². The van der Waals surface area contributed by atoms with Crippen LogP contribution < -0.4 is 5.32 Å². The number of hydrogen-bond acceptors (Lipinski definition) is 2. The molecular formula is C16H36N2. The van der Waals surface area contributed by atoms with E-state index in [1.54, 1.807) is 0 Å². The minimum Gasteiger partial charge on any atom is -0.316 e. The fraction of sp³-hybridized carbons (Fsp3) is 1.00. The Morgan fingerprint density at radius 3 is 2.33 bits per heavy atom. The smallest absolute Gasteiger partial charge is 0.00355 e. The van der Waals surface area contributed by atoms with Gasteiger partial charge in [-0.25, -0.2) is 0 Å². The minimum atomic E-state index is 0.677. The molecule has 18 heavy (non-hydrogen) atoms. The molecule has 1 N–H and O–H groups in total. The molecular weight excluding hydrogens is 220 g/mol. The zero-order valence-electron chi connectivity index (χ0n) is 13.5. The average molecular weight is 256 g/mol. The topological polar surface area (TPSA) is 15.3 Å². The molecule has 0 aliphatic carbocycles. The van der Waals surface area contributed by atoms with Crippen LogP contribution in [0.15, 0.2) is 0 Å². The van der Waals surface area contributed by atoms with Gasteiger partial charge in [-0.1, -0.05) is 33.1 Å². The van der Waals surface area contributed by atoms with Gasteiger partial charge in [0.1, 0.15) is 0 Å². The first kappa shape index (κ1) is 17.9. The van der Waals surface area contributed by atoms with E-state index in [2.05, 4.69) is 45.0 Å². The normalized spacial score (nSPS) is 13.5. The second kappa shape index (κ2) is 12.0. The van der Waals surface area contributed by atoms with Crippen LogP contribution in [0.25, 0.3) is 0 Å². The molecule has 0 rings (SSSR count). The van der Waals surface area contributed by atoms with Gasteiger partial charge in [-0.05, 0) is 65.7 Å². The predicted molar refractivity (Wildman–Crippen MR) is 83.2 cm³/mol. The standard InChI is InChI=1S/C16H36N2/c1-6-8-11-16(7-2)14-17-12-9-10-13-18(5)15(3)4/h15-17H,6-14H2,1-5H3. The lowest BCUT2D eigenvalue weighted by molar-refractivity contribution is 0.267. The van der Waals surface area contributed by atoms with Crippen molar-refractivity contribution < 1.29 is 0 Å². The first-order valence-electron chi connectivity index (χ1n) is 8.02. The van der Waals surface area contributed by atoms with Gasteiger partial charge < -0.3 is 10.2 Å². The van der Waals surface area contributed by atoms with Crippen LogP contribution in [0.4, 0.5) is 0 Å². The summed E-state index contributed by atoms with van der Waals surface area (Å²) in [7, 11) is 2.22. The first-order chi connectivity index (χ1) is 8.61. The summed E-state index contributed by atoms with van der Waals surface area (Å²) in [6.07, 6.45) is 8.06. The lowest BCUT2D eigenvalue weighted by atomic mass is 9.99. The summed E-state index contributed by atoms with van der Waals surface area (Å²) in [5.74, 6) is 0.892. The number of nitrogens with zero attached hydrogens (tertiary/aromatic N) is 1. The molecule has 0 aliphatic rings. The highest BCUT2D eigenvalue weighted by Crippen LogP contribution is 2.11. The maximum Gasteiger partial charge on any atom is 0.00355 e. The molecule has 0 amide bonds. The Labute approximate surface area is 116 Å². The van der Waals surface area contributed by atoms with E-state index in [1.165, 1.54) is 58.2 Å². The van der Waals surface area contributed by atoms with Crippen LogP contribution in [-0.2, 0) is 0 Å². The van der Waals surface area contributed by atoms with Gasteiger partial charge in [-0.3, -0.25) is 0 Å². The summed E-state index contributed by atoms with van der Waals surface area (Å²) in [5.41, 5.74) is 0. The quantitative estimate of drug-likeness (QED) is 0.533. The minimum absolute atomic E-state index is 0.677. The summed E-state index contributed by atoms with van der Waals surface area (Å²) in [6, 6.07) is 0.677. The van der Waals surface area contributed by atoms with Crippen LogP contribution in [0, 0.1) is 5.92 Å². The summed E-state index contributed by atoms with van der Waals surface area (Å²) in [4.78, 5) is 2.43. The van der Waals surface area contributed by atoms with E-state index in [-0.39, 0.29) is 0 Å². The summed E-state index contributed by atoms with van der Waals surface area (Å²) in [6.45, 7) is 12.8. The first-order valence-corrected chi connectivity index (χ1v) is 8.02. The van der Waals surface area contributed by atoms with Gasteiger partial charge in [0.25, 0.3) is 0 Å². The maximum atomic E-state index is 3.63. The molecule has 0 bridgehead atoms. The number of rotatable bonds is 12. The third kappa shape index (κ3) is 9.90. The second-order valence-electron chi connectivity index (χ2n) is 5.90. The summed E-state index contributed by atoms with van der Waals surface area (Å²) in [5, 5.41) is 3.63. The largest absolute Gasteiger partial charge is 0.316 e.